The number of fused-ring (bicyclic) bond motifs is 1. The molecule has 1 aliphatic rings. The smallest absolute Gasteiger partial charge is 0.310 e. The molecule has 3 aromatic rings. The number of rotatable bonds is 9. The Hall–Kier alpha value is -3.77. The van der Waals surface area contributed by atoms with E-state index in [0.29, 0.717) is 11.3 Å². The predicted molar refractivity (Wildman–Crippen MR) is 133 cm³/mol. The molecule has 1 saturated heterocycles. The zero-order valence-corrected chi connectivity index (χ0v) is 20.8. The second-order valence-electron chi connectivity index (χ2n) is 9.30. The Kier molecular flexibility index (Phi) is 7.60. The lowest BCUT2D eigenvalue weighted by Crippen LogP contribution is -2.41. The van der Waals surface area contributed by atoms with Gasteiger partial charge in [0, 0.05) is 7.05 Å². The van der Waals surface area contributed by atoms with Crippen LogP contribution in [0, 0.1) is 12.8 Å². The fourth-order valence-corrected chi connectivity index (χ4v) is 4.15. The number of aromatic nitrogens is 4. The van der Waals surface area contributed by atoms with E-state index >= 15 is 4.39 Å². The van der Waals surface area contributed by atoms with Crippen molar-refractivity contribution >= 4 is 34.8 Å². The van der Waals surface area contributed by atoms with Crippen molar-refractivity contribution in [3.63, 3.8) is 0 Å². The number of esters is 1. The number of imidazole rings is 1. The number of amides is 1. The third-order valence-corrected chi connectivity index (χ3v) is 6.01. The molecular weight excluding hydrogens is 483 g/mol. The van der Waals surface area contributed by atoms with Crippen molar-refractivity contribution in [2.45, 2.75) is 50.8 Å². The zero-order valence-electron chi connectivity index (χ0n) is 20.8. The highest BCUT2D eigenvalue weighted by molar-refractivity contribution is 5.91. The molecule has 0 spiro atoms. The molecule has 3 heterocycles. The van der Waals surface area contributed by atoms with Gasteiger partial charge < -0.3 is 19.9 Å². The van der Waals surface area contributed by atoms with Crippen molar-refractivity contribution in [2.75, 3.05) is 24.3 Å². The monoisotopic (exact) mass is 513 g/mol. The summed E-state index contributed by atoms with van der Waals surface area (Å²) < 4.78 is 28.3. The SMILES string of the molecule is [CH2+]C(C)CC(=O)Nc1nc(NC)c2ncn([C@@H]3O[C@H](COC(=O)Cc4ccccc4)[C@@H](O)[C@@]3(C)F)c2n1. The lowest BCUT2D eigenvalue weighted by molar-refractivity contribution is -0.149. The van der Waals surface area contributed by atoms with Gasteiger partial charge in [-0.25, -0.2) is 9.37 Å². The normalized spacial score (nSPS) is 24.1. The van der Waals surface area contributed by atoms with Crippen molar-refractivity contribution in [3.8, 4) is 0 Å². The van der Waals surface area contributed by atoms with Crippen molar-refractivity contribution in [3.05, 3.63) is 49.1 Å². The summed E-state index contributed by atoms with van der Waals surface area (Å²) in [6.07, 6.45) is -2.53. The van der Waals surface area contributed by atoms with Gasteiger partial charge in [-0.2, -0.15) is 9.97 Å². The van der Waals surface area contributed by atoms with Crippen molar-refractivity contribution in [1.29, 1.82) is 0 Å². The maximum absolute atomic E-state index is 15.8. The van der Waals surface area contributed by atoms with Crippen LogP contribution in [0.25, 0.3) is 11.2 Å². The summed E-state index contributed by atoms with van der Waals surface area (Å²) in [6, 6.07) is 9.03. The second-order valence-corrected chi connectivity index (χ2v) is 9.30. The number of anilines is 2. The topological polar surface area (TPSA) is 140 Å². The van der Waals surface area contributed by atoms with Crippen LogP contribution in [-0.2, 0) is 25.5 Å². The van der Waals surface area contributed by atoms with Gasteiger partial charge in [0.15, 0.2) is 28.9 Å². The Bertz CT molecular complexity index is 1270. The number of carbonyl (C=O) groups excluding carboxylic acids is 2. The van der Waals surface area contributed by atoms with Gasteiger partial charge in [-0.05, 0) is 19.4 Å². The summed E-state index contributed by atoms with van der Waals surface area (Å²) in [6.45, 7) is 6.46. The Morgan fingerprint density at radius 3 is 2.73 bits per heavy atom. The number of carbonyl (C=O) groups is 2. The molecule has 0 bridgehead atoms. The van der Waals surface area contributed by atoms with Gasteiger partial charge in [-0.1, -0.05) is 30.3 Å². The van der Waals surface area contributed by atoms with Crippen LogP contribution in [-0.4, -0.2) is 68.0 Å². The number of ether oxygens (including phenoxy) is 2. The van der Waals surface area contributed by atoms with E-state index in [2.05, 4.69) is 32.5 Å². The number of hydrogen-bond donors (Lipinski definition) is 3. The Morgan fingerprint density at radius 2 is 2.05 bits per heavy atom. The highest BCUT2D eigenvalue weighted by atomic mass is 19.1. The first kappa shape index (κ1) is 26.3. The molecular formula is C25H30FN6O5+. The number of halogens is 1. The molecule has 1 amide bonds. The van der Waals surface area contributed by atoms with Gasteiger partial charge >= 0.3 is 5.97 Å². The van der Waals surface area contributed by atoms with Crippen molar-refractivity contribution < 1.29 is 28.6 Å². The molecule has 11 nitrogen and oxygen atoms in total. The number of alkyl halides is 1. The van der Waals surface area contributed by atoms with Gasteiger partial charge in [-0.15, -0.1) is 0 Å². The van der Waals surface area contributed by atoms with Gasteiger partial charge in [0.2, 0.25) is 11.9 Å². The summed E-state index contributed by atoms with van der Waals surface area (Å²) in [5.41, 5.74) is -1.01. The predicted octanol–water partition coefficient (Wildman–Crippen LogP) is 2.44. The zero-order chi connectivity index (χ0) is 26.7. The molecule has 37 heavy (non-hydrogen) atoms. The molecule has 2 aromatic heterocycles. The third kappa shape index (κ3) is 5.65. The molecule has 4 rings (SSSR count). The first-order chi connectivity index (χ1) is 17.6. The van der Waals surface area contributed by atoms with Crippen molar-refractivity contribution in [2.24, 2.45) is 5.92 Å². The van der Waals surface area contributed by atoms with E-state index in [1.165, 1.54) is 17.8 Å². The molecule has 1 aliphatic heterocycles. The molecule has 1 fully saturated rings. The summed E-state index contributed by atoms with van der Waals surface area (Å²) in [5.74, 6) is -0.656. The fraction of sp³-hybridized carbons (Fsp3) is 0.440. The van der Waals surface area contributed by atoms with Crippen LogP contribution in [0.3, 0.4) is 0 Å². The highest BCUT2D eigenvalue weighted by Crippen LogP contribution is 2.42. The second kappa shape index (κ2) is 10.7. The Labute approximate surface area is 213 Å². The molecule has 0 saturated carbocycles. The van der Waals surface area contributed by atoms with E-state index in [-0.39, 0.29) is 42.9 Å². The van der Waals surface area contributed by atoms with E-state index in [1.54, 1.807) is 26.1 Å². The average molecular weight is 514 g/mol. The lowest BCUT2D eigenvalue weighted by atomic mass is 9.98. The molecule has 5 atom stereocenters. The standard InChI is InChI=1S/C25H29FN6O5/c1-14(2)10-17(33)29-24-30-21(27-4)19-22(31-24)32(13-28-19)23-25(3,26)20(35)16(37-23)12-36-18(34)11-15-8-6-5-7-9-15/h5-9,13-14,16,20,23,35H,1,10-12H2,2-4H3,(H-,27,29,30,31,33)/p+1/t14?,16-,20-,23-,25-/m1/s1. The van der Waals surface area contributed by atoms with Crippen LogP contribution in [0.2, 0.25) is 0 Å². The number of aliphatic hydroxyl groups excluding tert-OH is 1. The maximum atomic E-state index is 15.8. The number of nitrogens with one attached hydrogen (secondary N) is 2. The van der Waals surface area contributed by atoms with E-state index in [0.717, 1.165) is 5.56 Å². The van der Waals surface area contributed by atoms with Crippen LogP contribution in [0.1, 0.15) is 32.1 Å². The fourth-order valence-electron chi connectivity index (χ4n) is 4.15. The summed E-state index contributed by atoms with van der Waals surface area (Å²) >= 11 is 0. The number of hydrogen-bond acceptors (Lipinski definition) is 9. The highest BCUT2D eigenvalue weighted by Gasteiger charge is 2.55. The molecule has 12 heteroatoms. The molecule has 3 N–H and O–H groups in total. The number of benzene rings is 1. The van der Waals surface area contributed by atoms with Crippen LogP contribution in [0.5, 0.6) is 0 Å². The number of nitrogens with zero attached hydrogens (tertiary/aromatic N) is 4. The summed E-state index contributed by atoms with van der Waals surface area (Å²) in [5, 5.41) is 16.2. The molecule has 0 aliphatic carbocycles. The summed E-state index contributed by atoms with van der Waals surface area (Å²) in [4.78, 5) is 37.4. The van der Waals surface area contributed by atoms with Gasteiger partial charge in [0.05, 0.1) is 26.1 Å². The maximum Gasteiger partial charge on any atom is 0.310 e. The Morgan fingerprint density at radius 1 is 1.32 bits per heavy atom. The van der Waals surface area contributed by atoms with E-state index in [1.807, 2.05) is 18.2 Å². The van der Waals surface area contributed by atoms with Crippen molar-refractivity contribution in [1.82, 2.24) is 19.5 Å². The number of aliphatic hydroxyl groups is 1. The molecule has 196 valence electrons. The van der Waals surface area contributed by atoms with Crippen LogP contribution < -0.4 is 10.6 Å². The minimum absolute atomic E-state index is 0.00486. The summed E-state index contributed by atoms with van der Waals surface area (Å²) in [7, 11) is 1.62. The van der Waals surface area contributed by atoms with Crippen LogP contribution >= 0.6 is 0 Å². The van der Waals surface area contributed by atoms with Crippen LogP contribution in [0.4, 0.5) is 16.2 Å². The quantitative estimate of drug-likeness (QED) is 0.291. The molecule has 1 unspecified atom stereocenters. The third-order valence-electron chi connectivity index (χ3n) is 6.01. The average Bonchev–Trinajstić information content (AvgIpc) is 3.35. The van der Waals surface area contributed by atoms with Crippen LogP contribution in [0.15, 0.2) is 36.7 Å². The van der Waals surface area contributed by atoms with Gasteiger partial charge in [-0.3, -0.25) is 19.5 Å². The Balaban J connectivity index is 1.54. The van der Waals surface area contributed by atoms with Gasteiger partial charge in [0.1, 0.15) is 24.7 Å². The lowest BCUT2D eigenvalue weighted by Gasteiger charge is -2.24. The largest absolute Gasteiger partial charge is 0.463 e. The van der Waals surface area contributed by atoms with Gasteiger partial charge in [0.25, 0.3) is 0 Å². The molecule has 0 radical (unpaired) electrons. The van der Waals surface area contributed by atoms with E-state index in [9.17, 15) is 14.7 Å². The van der Waals surface area contributed by atoms with E-state index < -0.39 is 30.1 Å². The minimum atomic E-state index is -2.28. The van der Waals surface area contributed by atoms with E-state index in [4.69, 9.17) is 9.47 Å². The minimum Gasteiger partial charge on any atom is -0.463 e. The first-order valence-corrected chi connectivity index (χ1v) is 11.9. The first-order valence-electron chi connectivity index (χ1n) is 11.9. The molecule has 1 aromatic carbocycles.